The smallest absolute Gasteiger partial charge is 0.255 e. The summed E-state index contributed by atoms with van der Waals surface area (Å²) in [7, 11) is -3.67. The monoisotopic (exact) mass is 471 g/mol. The summed E-state index contributed by atoms with van der Waals surface area (Å²) in [5.74, 6) is 0.668. The molecule has 2 aromatic rings. The minimum absolute atomic E-state index is 0.133. The molecule has 2 aromatic carbocycles. The van der Waals surface area contributed by atoms with Crippen LogP contribution in [0.3, 0.4) is 0 Å². The van der Waals surface area contributed by atoms with Gasteiger partial charge in [-0.15, -0.1) is 0 Å². The van der Waals surface area contributed by atoms with E-state index < -0.39 is 10.0 Å². The fourth-order valence-corrected chi connectivity index (χ4v) is 6.21. The molecule has 2 saturated heterocycles. The number of hydrogen-bond acceptors (Lipinski definition) is 5. The van der Waals surface area contributed by atoms with Crippen LogP contribution >= 0.6 is 0 Å². The highest BCUT2D eigenvalue weighted by Gasteiger charge is 2.32. The van der Waals surface area contributed by atoms with Crippen LogP contribution in [-0.4, -0.2) is 74.3 Å². The van der Waals surface area contributed by atoms with E-state index in [2.05, 4.69) is 17.0 Å². The summed E-state index contributed by atoms with van der Waals surface area (Å²) >= 11 is 0. The van der Waals surface area contributed by atoms with Crippen LogP contribution in [0, 0.1) is 0 Å². The molecule has 0 atom stereocenters. The van der Waals surface area contributed by atoms with Gasteiger partial charge in [0.1, 0.15) is 5.75 Å². The van der Waals surface area contributed by atoms with Gasteiger partial charge in [-0.05, 0) is 49.6 Å². The first-order chi connectivity index (χ1) is 16.0. The number of amides is 1. The number of carbonyl (C=O) groups is 1. The van der Waals surface area contributed by atoms with Gasteiger partial charge in [0.2, 0.25) is 10.0 Å². The van der Waals surface area contributed by atoms with Gasteiger partial charge in [-0.25, -0.2) is 8.42 Å². The quantitative estimate of drug-likeness (QED) is 0.620. The molecule has 1 amide bonds. The second-order valence-corrected chi connectivity index (χ2v) is 10.5. The van der Waals surface area contributed by atoms with Gasteiger partial charge in [0, 0.05) is 45.8 Å². The minimum atomic E-state index is -3.67. The molecule has 2 heterocycles. The van der Waals surface area contributed by atoms with Crippen molar-refractivity contribution < 1.29 is 17.9 Å². The molecule has 0 saturated carbocycles. The van der Waals surface area contributed by atoms with E-state index >= 15 is 0 Å². The molecule has 0 spiro atoms. The zero-order valence-electron chi connectivity index (χ0n) is 19.3. The normalized spacial score (nSPS) is 18.3. The number of carbonyl (C=O) groups excluding carboxylic acids is 1. The van der Waals surface area contributed by atoms with E-state index in [9.17, 15) is 13.2 Å². The molecular weight excluding hydrogens is 438 g/mol. The van der Waals surface area contributed by atoms with Gasteiger partial charge in [-0.2, -0.15) is 4.31 Å². The highest BCUT2D eigenvalue weighted by molar-refractivity contribution is 7.89. The van der Waals surface area contributed by atoms with Crippen LogP contribution in [0.1, 0.15) is 42.1 Å². The Hall–Kier alpha value is -2.42. The Morgan fingerprint density at radius 2 is 1.55 bits per heavy atom. The molecule has 0 unspecified atom stereocenters. The SMILES string of the molecule is CCOc1ccc(CN2CCN(C(=O)c3ccccc3S(=O)(=O)N3CCCCC3)CC2)cc1. The minimum Gasteiger partial charge on any atom is -0.494 e. The number of rotatable bonds is 7. The lowest BCUT2D eigenvalue weighted by atomic mass is 10.1. The first-order valence-electron chi connectivity index (χ1n) is 11.8. The fourth-order valence-electron chi connectivity index (χ4n) is 4.51. The van der Waals surface area contributed by atoms with Gasteiger partial charge in [0.25, 0.3) is 5.91 Å². The van der Waals surface area contributed by atoms with E-state index in [1.165, 1.54) is 9.87 Å². The molecule has 0 aliphatic carbocycles. The van der Waals surface area contributed by atoms with E-state index in [0.717, 1.165) is 44.6 Å². The number of hydrogen-bond donors (Lipinski definition) is 0. The molecule has 0 aromatic heterocycles. The Balaban J connectivity index is 1.40. The Bertz CT molecular complexity index is 1040. The van der Waals surface area contributed by atoms with Gasteiger partial charge < -0.3 is 9.64 Å². The number of sulfonamides is 1. The molecule has 4 rings (SSSR count). The summed E-state index contributed by atoms with van der Waals surface area (Å²) in [4.78, 5) is 17.5. The van der Waals surface area contributed by atoms with Crippen LogP contribution in [0.15, 0.2) is 53.4 Å². The summed E-state index contributed by atoms with van der Waals surface area (Å²) in [6, 6.07) is 14.8. The second-order valence-electron chi connectivity index (χ2n) is 8.61. The number of nitrogens with zero attached hydrogens (tertiary/aromatic N) is 3. The van der Waals surface area contributed by atoms with Gasteiger partial charge in [-0.1, -0.05) is 30.7 Å². The van der Waals surface area contributed by atoms with Crippen LogP contribution in [0.25, 0.3) is 0 Å². The summed E-state index contributed by atoms with van der Waals surface area (Å²) in [5, 5.41) is 0. The molecule has 0 radical (unpaired) electrons. The number of piperazine rings is 1. The number of ether oxygens (including phenoxy) is 1. The Morgan fingerprint density at radius 1 is 0.879 bits per heavy atom. The number of benzene rings is 2. The van der Waals surface area contributed by atoms with E-state index in [1.54, 1.807) is 29.2 Å². The first-order valence-corrected chi connectivity index (χ1v) is 13.3. The molecule has 2 fully saturated rings. The van der Waals surface area contributed by atoms with Gasteiger partial charge in [-0.3, -0.25) is 9.69 Å². The van der Waals surface area contributed by atoms with Crippen LogP contribution in [0.2, 0.25) is 0 Å². The highest BCUT2D eigenvalue weighted by atomic mass is 32.2. The van der Waals surface area contributed by atoms with E-state index in [-0.39, 0.29) is 16.4 Å². The first kappa shape index (κ1) is 23.7. The number of piperidine rings is 1. The molecule has 8 heteroatoms. The zero-order chi connectivity index (χ0) is 23.3. The van der Waals surface area contributed by atoms with Crippen LogP contribution in [0.4, 0.5) is 0 Å². The summed E-state index contributed by atoms with van der Waals surface area (Å²) in [6.07, 6.45) is 2.78. The maximum Gasteiger partial charge on any atom is 0.255 e. The van der Waals surface area contributed by atoms with Crippen molar-refractivity contribution in [2.24, 2.45) is 0 Å². The fraction of sp³-hybridized carbons (Fsp3) is 0.480. The lowest BCUT2D eigenvalue weighted by Gasteiger charge is -2.35. The molecule has 178 valence electrons. The van der Waals surface area contributed by atoms with Gasteiger partial charge in [0.15, 0.2) is 0 Å². The second kappa shape index (κ2) is 10.7. The summed E-state index contributed by atoms with van der Waals surface area (Å²) < 4.78 is 33.5. The van der Waals surface area contributed by atoms with Crippen LogP contribution in [-0.2, 0) is 16.6 Å². The van der Waals surface area contributed by atoms with Crippen molar-refractivity contribution >= 4 is 15.9 Å². The Kier molecular flexibility index (Phi) is 7.67. The van der Waals surface area contributed by atoms with Crippen molar-refractivity contribution in [2.45, 2.75) is 37.6 Å². The molecular formula is C25H33N3O4S. The zero-order valence-corrected chi connectivity index (χ0v) is 20.1. The van der Waals surface area contributed by atoms with E-state index in [0.29, 0.717) is 32.8 Å². The third-order valence-corrected chi connectivity index (χ3v) is 8.31. The molecule has 0 N–H and O–H groups in total. The summed E-state index contributed by atoms with van der Waals surface area (Å²) in [5.41, 5.74) is 1.49. The maximum atomic E-state index is 13.3. The average molecular weight is 472 g/mol. The maximum absolute atomic E-state index is 13.3. The van der Waals surface area contributed by atoms with Crippen molar-refractivity contribution in [1.29, 1.82) is 0 Å². The third kappa shape index (κ3) is 5.57. The summed E-state index contributed by atoms with van der Waals surface area (Å²) in [6.45, 7) is 7.13. The molecule has 2 aliphatic heterocycles. The van der Waals surface area contributed by atoms with Crippen LogP contribution < -0.4 is 4.74 Å². The molecule has 2 aliphatic rings. The van der Waals surface area contributed by atoms with Crippen molar-refractivity contribution in [3.05, 3.63) is 59.7 Å². The topological polar surface area (TPSA) is 70.2 Å². The van der Waals surface area contributed by atoms with E-state index in [1.807, 2.05) is 19.1 Å². The van der Waals surface area contributed by atoms with Gasteiger partial charge >= 0.3 is 0 Å². The van der Waals surface area contributed by atoms with Crippen molar-refractivity contribution in [1.82, 2.24) is 14.1 Å². The predicted octanol–water partition coefficient (Wildman–Crippen LogP) is 3.22. The van der Waals surface area contributed by atoms with Crippen molar-refractivity contribution in [3.63, 3.8) is 0 Å². The lowest BCUT2D eigenvalue weighted by molar-refractivity contribution is 0.0624. The van der Waals surface area contributed by atoms with E-state index in [4.69, 9.17) is 4.74 Å². The molecule has 33 heavy (non-hydrogen) atoms. The highest BCUT2D eigenvalue weighted by Crippen LogP contribution is 2.25. The molecule has 0 bridgehead atoms. The standard InChI is InChI=1S/C25H33N3O4S/c1-2-32-22-12-10-21(11-13-22)20-26-16-18-27(19-17-26)25(29)23-8-4-5-9-24(23)33(30,31)28-14-6-3-7-15-28/h4-5,8-13H,2-3,6-7,14-20H2,1H3. The predicted molar refractivity (Wildman–Crippen MR) is 128 cm³/mol. The van der Waals surface area contributed by atoms with Crippen LogP contribution in [0.5, 0.6) is 5.75 Å². The lowest BCUT2D eigenvalue weighted by Crippen LogP contribution is -2.48. The van der Waals surface area contributed by atoms with Crippen molar-refractivity contribution in [3.8, 4) is 5.75 Å². The molecule has 7 nitrogen and oxygen atoms in total. The van der Waals surface area contributed by atoms with Gasteiger partial charge in [0.05, 0.1) is 17.1 Å². The van der Waals surface area contributed by atoms with Crippen molar-refractivity contribution in [2.75, 3.05) is 45.9 Å². The Labute approximate surface area is 197 Å². The largest absolute Gasteiger partial charge is 0.494 e. The third-order valence-electron chi connectivity index (χ3n) is 6.35. The average Bonchev–Trinajstić information content (AvgIpc) is 2.86. The Morgan fingerprint density at radius 3 is 2.21 bits per heavy atom.